The molecule has 0 unspecified atom stereocenters. The van der Waals surface area contributed by atoms with Gasteiger partial charge in [-0.25, -0.2) is 0 Å². The van der Waals surface area contributed by atoms with Crippen LogP contribution in [0.15, 0.2) is 97.1 Å². The smallest absolute Gasteiger partial charge is 0.269 e. The maximum absolute atomic E-state index is 13.9. The first-order chi connectivity index (χ1) is 19.3. The lowest BCUT2D eigenvalue weighted by Crippen LogP contribution is -2.05. The molecule has 0 saturated heterocycles. The normalized spacial score (nSPS) is 10.7. The standard InChI is InChI=1S/C29H20N4O7/c34-23-7-4-8-24(40-17-18-5-2-1-3-6-18)25(23)28-26(29(35)20-11-15-22(16-12-20)33(38)39)27(30-31-28)19-9-13-21(14-10-19)32(36)37/h1-16,34H,17H2,(H,30,31). The highest BCUT2D eigenvalue weighted by molar-refractivity contribution is 6.16. The van der Waals surface area contributed by atoms with Gasteiger partial charge in [0.1, 0.15) is 23.8 Å². The van der Waals surface area contributed by atoms with Crippen LogP contribution in [0.5, 0.6) is 11.5 Å². The van der Waals surface area contributed by atoms with Gasteiger partial charge >= 0.3 is 0 Å². The number of hydrogen-bond donors (Lipinski definition) is 2. The van der Waals surface area contributed by atoms with E-state index in [2.05, 4.69) is 10.2 Å². The number of nitro groups is 2. The molecule has 0 aliphatic rings. The molecular weight excluding hydrogens is 516 g/mol. The molecule has 5 rings (SSSR count). The number of ether oxygens (including phenoxy) is 1. The maximum Gasteiger partial charge on any atom is 0.269 e. The summed E-state index contributed by atoms with van der Waals surface area (Å²) in [5.74, 6) is -0.438. The number of hydrogen-bond acceptors (Lipinski definition) is 8. The topological polar surface area (TPSA) is 161 Å². The number of phenolic OH excluding ortho intramolecular Hbond substituents is 1. The minimum Gasteiger partial charge on any atom is -0.507 e. The van der Waals surface area contributed by atoms with Crippen LogP contribution in [0.4, 0.5) is 11.4 Å². The third kappa shape index (κ3) is 5.11. The molecule has 0 aliphatic heterocycles. The number of nitrogens with zero attached hydrogens (tertiary/aromatic N) is 3. The van der Waals surface area contributed by atoms with Gasteiger partial charge in [0.05, 0.1) is 26.7 Å². The number of non-ortho nitro benzene ring substituents is 2. The van der Waals surface area contributed by atoms with Gasteiger partial charge in [0.2, 0.25) is 0 Å². The number of benzene rings is 4. The average molecular weight is 537 g/mol. The highest BCUT2D eigenvalue weighted by atomic mass is 16.6. The number of aromatic hydroxyl groups is 1. The van der Waals surface area contributed by atoms with Gasteiger partial charge < -0.3 is 9.84 Å². The van der Waals surface area contributed by atoms with Gasteiger partial charge in [0, 0.05) is 35.4 Å². The Balaban J connectivity index is 1.64. The molecule has 2 N–H and O–H groups in total. The first kappa shape index (κ1) is 25.8. The van der Waals surface area contributed by atoms with Crippen molar-refractivity contribution in [2.24, 2.45) is 0 Å². The summed E-state index contributed by atoms with van der Waals surface area (Å²) in [4.78, 5) is 35.1. The summed E-state index contributed by atoms with van der Waals surface area (Å²) >= 11 is 0. The lowest BCUT2D eigenvalue weighted by Gasteiger charge is -2.14. The molecule has 5 aromatic rings. The van der Waals surface area contributed by atoms with Gasteiger partial charge in [-0.2, -0.15) is 5.10 Å². The fraction of sp³-hybridized carbons (Fsp3) is 0.0345. The van der Waals surface area contributed by atoms with E-state index in [1.54, 1.807) is 12.1 Å². The van der Waals surface area contributed by atoms with Gasteiger partial charge in [-0.05, 0) is 42.0 Å². The zero-order valence-electron chi connectivity index (χ0n) is 20.7. The van der Waals surface area contributed by atoms with Gasteiger partial charge in [0.15, 0.2) is 5.78 Å². The number of carbonyl (C=O) groups excluding carboxylic acids is 1. The van der Waals surface area contributed by atoms with Crippen molar-refractivity contribution in [2.45, 2.75) is 6.61 Å². The number of nitrogens with one attached hydrogen (secondary N) is 1. The number of carbonyl (C=O) groups is 1. The van der Waals surface area contributed by atoms with E-state index in [0.29, 0.717) is 5.56 Å². The van der Waals surface area contributed by atoms with Crippen LogP contribution in [0.3, 0.4) is 0 Å². The van der Waals surface area contributed by atoms with Crippen LogP contribution in [0, 0.1) is 20.2 Å². The van der Waals surface area contributed by atoms with Gasteiger partial charge in [-0.1, -0.05) is 36.4 Å². The van der Waals surface area contributed by atoms with Gasteiger partial charge in [-0.3, -0.25) is 30.1 Å². The van der Waals surface area contributed by atoms with Crippen molar-refractivity contribution < 1.29 is 24.5 Å². The van der Waals surface area contributed by atoms with Crippen LogP contribution in [0.1, 0.15) is 21.5 Å². The Hall–Kier alpha value is -5.84. The minimum atomic E-state index is -0.571. The molecule has 0 aliphatic carbocycles. The second-order valence-corrected chi connectivity index (χ2v) is 8.68. The van der Waals surface area contributed by atoms with Crippen molar-refractivity contribution in [1.29, 1.82) is 0 Å². The van der Waals surface area contributed by atoms with Crippen LogP contribution in [-0.4, -0.2) is 30.9 Å². The van der Waals surface area contributed by atoms with Crippen molar-refractivity contribution in [3.63, 3.8) is 0 Å². The highest BCUT2D eigenvalue weighted by Crippen LogP contribution is 2.42. The molecule has 1 heterocycles. The maximum atomic E-state index is 13.9. The average Bonchev–Trinajstić information content (AvgIpc) is 3.41. The summed E-state index contributed by atoms with van der Waals surface area (Å²) in [5.41, 5.74) is 1.66. The zero-order chi connectivity index (χ0) is 28.2. The number of nitro benzene ring substituents is 2. The van der Waals surface area contributed by atoms with Crippen molar-refractivity contribution in [3.05, 3.63) is 134 Å². The largest absolute Gasteiger partial charge is 0.507 e. The molecule has 0 fully saturated rings. The fourth-order valence-corrected chi connectivity index (χ4v) is 4.20. The van der Waals surface area contributed by atoms with Crippen molar-refractivity contribution in [3.8, 4) is 34.0 Å². The molecule has 40 heavy (non-hydrogen) atoms. The SMILES string of the molecule is O=C(c1ccc([N+](=O)[O-])cc1)c1c(-c2ccc([N+](=O)[O-])cc2)n[nH]c1-c1c(O)cccc1OCc1ccccc1. The minimum absolute atomic E-state index is 0.0498. The monoisotopic (exact) mass is 536 g/mol. The summed E-state index contributed by atoms with van der Waals surface area (Å²) < 4.78 is 6.03. The number of aromatic amines is 1. The molecule has 0 bridgehead atoms. The van der Waals surface area contributed by atoms with Crippen LogP contribution >= 0.6 is 0 Å². The second-order valence-electron chi connectivity index (χ2n) is 8.68. The Morgan fingerprint density at radius 2 is 1.45 bits per heavy atom. The number of H-pyrrole nitrogens is 1. The number of rotatable bonds is 9. The van der Waals surface area contributed by atoms with Crippen molar-refractivity contribution >= 4 is 17.2 Å². The van der Waals surface area contributed by atoms with Crippen molar-refractivity contribution in [2.75, 3.05) is 0 Å². The Labute approximate surface area is 226 Å². The van der Waals surface area contributed by atoms with E-state index in [1.165, 1.54) is 54.6 Å². The third-order valence-corrected chi connectivity index (χ3v) is 6.18. The fourth-order valence-electron chi connectivity index (χ4n) is 4.20. The summed E-state index contributed by atoms with van der Waals surface area (Å²) in [7, 11) is 0. The molecule has 0 spiro atoms. The molecule has 0 amide bonds. The summed E-state index contributed by atoms with van der Waals surface area (Å²) in [6.45, 7) is 0.187. The third-order valence-electron chi connectivity index (χ3n) is 6.18. The summed E-state index contributed by atoms with van der Waals surface area (Å²) in [6.07, 6.45) is 0. The van der Waals surface area contributed by atoms with Crippen LogP contribution in [-0.2, 0) is 6.61 Å². The first-order valence-electron chi connectivity index (χ1n) is 11.9. The van der Waals surface area contributed by atoms with Gasteiger partial charge in [0.25, 0.3) is 11.4 Å². The Morgan fingerprint density at radius 3 is 2.08 bits per heavy atom. The molecule has 198 valence electrons. The molecule has 11 heteroatoms. The van der Waals surface area contributed by atoms with Gasteiger partial charge in [-0.15, -0.1) is 0 Å². The Bertz CT molecular complexity index is 1710. The molecule has 0 atom stereocenters. The summed E-state index contributed by atoms with van der Waals surface area (Å²) in [5, 5.41) is 40.3. The molecule has 1 aromatic heterocycles. The van der Waals surface area contributed by atoms with E-state index in [9.17, 15) is 30.1 Å². The molecular formula is C29H20N4O7. The number of phenols is 1. The number of ketones is 1. The predicted molar refractivity (Wildman–Crippen MR) is 145 cm³/mol. The quantitative estimate of drug-likeness (QED) is 0.130. The molecule has 0 radical (unpaired) electrons. The molecule has 11 nitrogen and oxygen atoms in total. The van der Waals surface area contributed by atoms with Crippen molar-refractivity contribution in [1.82, 2.24) is 10.2 Å². The predicted octanol–water partition coefficient (Wildman–Crippen LogP) is 6.08. The zero-order valence-corrected chi connectivity index (χ0v) is 20.7. The number of aromatic nitrogens is 2. The Kier molecular flexibility index (Phi) is 7.01. The second kappa shape index (κ2) is 10.9. The van der Waals surface area contributed by atoms with E-state index in [-0.39, 0.29) is 57.6 Å². The molecule has 0 saturated carbocycles. The molecule has 4 aromatic carbocycles. The lowest BCUT2D eigenvalue weighted by molar-refractivity contribution is -0.385. The lowest BCUT2D eigenvalue weighted by atomic mass is 9.94. The van der Waals surface area contributed by atoms with E-state index in [0.717, 1.165) is 5.56 Å². The van der Waals surface area contributed by atoms with E-state index in [4.69, 9.17) is 4.74 Å². The van der Waals surface area contributed by atoms with Crippen LogP contribution < -0.4 is 4.74 Å². The highest BCUT2D eigenvalue weighted by Gasteiger charge is 2.28. The van der Waals surface area contributed by atoms with E-state index < -0.39 is 15.6 Å². The van der Waals surface area contributed by atoms with Crippen LogP contribution in [0.2, 0.25) is 0 Å². The van der Waals surface area contributed by atoms with E-state index >= 15 is 0 Å². The van der Waals surface area contributed by atoms with Crippen LogP contribution in [0.25, 0.3) is 22.5 Å². The first-order valence-corrected chi connectivity index (χ1v) is 11.9. The van der Waals surface area contributed by atoms with E-state index in [1.807, 2.05) is 30.3 Å². The Morgan fingerprint density at radius 1 is 0.825 bits per heavy atom. The summed E-state index contributed by atoms with van der Waals surface area (Å²) in [6, 6.07) is 24.7.